The Hall–Kier alpha value is -2.18. The van der Waals surface area contributed by atoms with Crippen LogP contribution in [-0.4, -0.2) is 60.6 Å². The molecule has 0 radical (unpaired) electrons. The zero-order valence-electron chi connectivity index (χ0n) is 13.7. The lowest BCUT2D eigenvalue weighted by Crippen LogP contribution is -2.56. The lowest BCUT2D eigenvalue weighted by Gasteiger charge is -2.34. The molecule has 3 rings (SSSR count). The van der Waals surface area contributed by atoms with Gasteiger partial charge >= 0.3 is 0 Å². The SMILES string of the molecule is O=C1NCCN(CC=Cc2ccccc2)C1CC(=O)N1CCCO1. The van der Waals surface area contributed by atoms with Gasteiger partial charge in [-0.05, 0) is 12.0 Å². The average Bonchev–Trinajstić information content (AvgIpc) is 3.13. The van der Waals surface area contributed by atoms with Crippen LogP contribution in [0.2, 0.25) is 0 Å². The molecule has 0 aliphatic carbocycles. The topological polar surface area (TPSA) is 61.9 Å². The molecule has 2 aliphatic heterocycles. The molecule has 2 heterocycles. The van der Waals surface area contributed by atoms with Crippen molar-refractivity contribution < 1.29 is 14.4 Å². The zero-order chi connectivity index (χ0) is 16.8. The summed E-state index contributed by atoms with van der Waals surface area (Å²) >= 11 is 0. The molecule has 2 saturated heterocycles. The van der Waals surface area contributed by atoms with Gasteiger partial charge < -0.3 is 5.32 Å². The van der Waals surface area contributed by atoms with Gasteiger partial charge in [0.25, 0.3) is 0 Å². The monoisotopic (exact) mass is 329 g/mol. The van der Waals surface area contributed by atoms with Gasteiger partial charge in [-0.1, -0.05) is 42.5 Å². The summed E-state index contributed by atoms with van der Waals surface area (Å²) in [6, 6.07) is 9.60. The highest BCUT2D eigenvalue weighted by Crippen LogP contribution is 2.14. The van der Waals surface area contributed by atoms with Crippen molar-refractivity contribution in [2.45, 2.75) is 18.9 Å². The summed E-state index contributed by atoms with van der Waals surface area (Å²) in [6.07, 6.45) is 5.09. The van der Waals surface area contributed by atoms with Gasteiger partial charge in [0, 0.05) is 19.6 Å². The van der Waals surface area contributed by atoms with Gasteiger partial charge in [-0.25, -0.2) is 5.06 Å². The van der Waals surface area contributed by atoms with Crippen LogP contribution in [0.3, 0.4) is 0 Å². The van der Waals surface area contributed by atoms with Crippen molar-refractivity contribution in [3.63, 3.8) is 0 Å². The maximum absolute atomic E-state index is 12.3. The van der Waals surface area contributed by atoms with Gasteiger partial charge in [0.1, 0.15) is 0 Å². The zero-order valence-corrected chi connectivity index (χ0v) is 13.7. The molecular weight excluding hydrogens is 306 g/mol. The van der Waals surface area contributed by atoms with Gasteiger partial charge in [-0.15, -0.1) is 0 Å². The fourth-order valence-corrected chi connectivity index (χ4v) is 3.00. The number of rotatable bonds is 5. The first-order chi connectivity index (χ1) is 11.7. The van der Waals surface area contributed by atoms with Gasteiger partial charge in [0.2, 0.25) is 11.8 Å². The van der Waals surface area contributed by atoms with Gasteiger partial charge in [-0.2, -0.15) is 0 Å². The van der Waals surface area contributed by atoms with Crippen molar-refractivity contribution in [2.75, 3.05) is 32.8 Å². The van der Waals surface area contributed by atoms with Gasteiger partial charge in [0.05, 0.1) is 25.6 Å². The second-order valence-corrected chi connectivity index (χ2v) is 6.00. The maximum atomic E-state index is 12.3. The summed E-state index contributed by atoms with van der Waals surface area (Å²) in [5, 5.41) is 4.24. The first-order valence-electron chi connectivity index (χ1n) is 8.40. The third kappa shape index (κ3) is 4.21. The highest BCUT2D eigenvalue weighted by atomic mass is 16.7. The number of hydroxylamine groups is 2. The molecule has 0 saturated carbocycles. The van der Waals surface area contributed by atoms with E-state index in [9.17, 15) is 9.59 Å². The molecule has 2 aliphatic rings. The fraction of sp³-hybridized carbons (Fsp3) is 0.444. The molecule has 1 aromatic carbocycles. The van der Waals surface area contributed by atoms with Crippen LogP contribution in [0.15, 0.2) is 36.4 Å². The summed E-state index contributed by atoms with van der Waals surface area (Å²) < 4.78 is 0. The van der Waals surface area contributed by atoms with E-state index >= 15 is 0 Å². The molecule has 1 N–H and O–H groups in total. The predicted molar refractivity (Wildman–Crippen MR) is 90.7 cm³/mol. The van der Waals surface area contributed by atoms with Crippen molar-refractivity contribution in [1.82, 2.24) is 15.3 Å². The van der Waals surface area contributed by atoms with E-state index in [1.54, 1.807) is 0 Å². The van der Waals surface area contributed by atoms with Crippen molar-refractivity contribution in [3.8, 4) is 0 Å². The van der Waals surface area contributed by atoms with E-state index in [-0.39, 0.29) is 18.2 Å². The van der Waals surface area contributed by atoms with E-state index in [0.717, 1.165) is 18.5 Å². The maximum Gasteiger partial charge on any atom is 0.248 e. The number of amides is 2. The van der Waals surface area contributed by atoms with Crippen LogP contribution in [0, 0.1) is 0 Å². The number of carbonyl (C=O) groups is 2. The molecular formula is C18H23N3O3. The minimum atomic E-state index is -0.434. The van der Waals surface area contributed by atoms with Gasteiger partial charge in [-0.3, -0.25) is 19.3 Å². The summed E-state index contributed by atoms with van der Waals surface area (Å²) in [6.45, 7) is 3.18. The van der Waals surface area contributed by atoms with Crippen molar-refractivity contribution in [3.05, 3.63) is 42.0 Å². The Morgan fingerprint density at radius 1 is 1.29 bits per heavy atom. The number of hydrogen-bond acceptors (Lipinski definition) is 4. The summed E-state index contributed by atoms with van der Waals surface area (Å²) in [7, 11) is 0. The normalized spacial score (nSPS) is 22.1. The minimum Gasteiger partial charge on any atom is -0.353 e. The van der Waals surface area contributed by atoms with Crippen LogP contribution in [-0.2, 0) is 14.4 Å². The Kier molecular flexibility index (Phi) is 5.61. The second-order valence-electron chi connectivity index (χ2n) is 6.00. The predicted octanol–water partition coefficient (Wildman–Crippen LogP) is 1.05. The molecule has 1 aromatic rings. The van der Waals surface area contributed by atoms with Crippen molar-refractivity contribution in [2.24, 2.45) is 0 Å². The summed E-state index contributed by atoms with van der Waals surface area (Å²) in [5.74, 6) is -0.200. The van der Waals surface area contributed by atoms with Crippen molar-refractivity contribution >= 4 is 17.9 Å². The summed E-state index contributed by atoms with van der Waals surface area (Å²) in [5.41, 5.74) is 1.12. The molecule has 6 nitrogen and oxygen atoms in total. The molecule has 0 spiro atoms. The smallest absolute Gasteiger partial charge is 0.248 e. The molecule has 0 aromatic heterocycles. The van der Waals surface area contributed by atoms with E-state index in [1.807, 2.05) is 47.4 Å². The lowest BCUT2D eigenvalue weighted by molar-refractivity contribution is -0.171. The van der Waals surface area contributed by atoms with Crippen LogP contribution in [0.1, 0.15) is 18.4 Å². The van der Waals surface area contributed by atoms with Crippen LogP contribution in [0.4, 0.5) is 0 Å². The largest absolute Gasteiger partial charge is 0.353 e. The molecule has 6 heteroatoms. The number of benzene rings is 1. The summed E-state index contributed by atoms with van der Waals surface area (Å²) in [4.78, 5) is 31.8. The highest BCUT2D eigenvalue weighted by molar-refractivity contribution is 5.88. The molecule has 128 valence electrons. The Balaban J connectivity index is 1.60. The Bertz CT molecular complexity index is 597. The van der Waals surface area contributed by atoms with Crippen molar-refractivity contribution in [1.29, 1.82) is 0 Å². The number of hydrogen-bond donors (Lipinski definition) is 1. The minimum absolute atomic E-state index is 0.0816. The average molecular weight is 329 g/mol. The number of carbonyl (C=O) groups excluding carboxylic acids is 2. The molecule has 24 heavy (non-hydrogen) atoms. The van der Waals surface area contributed by atoms with Crippen LogP contribution < -0.4 is 5.32 Å². The number of nitrogens with one attached hydrogen (secondary N) is 1. The van der Waals surface area contributed by atoms with E-state index in [4.69, 9.17) is 4.84 Å². The molecule has 1 atom stereocenters. The van der Waals surface area contributed by atoms with E-state index in [1.165, 1.54) is 5.06 Å². The highest BCUT2D eigenvalue weighted by Gasteiger charge is 2.33. The molecule has 2 amide bonds. The van der Waals surface area contributed by atoms with E-state index in [2.05, 4.69) is 5.32 Å². The van der Waals surface area contributed by atoms with Crippen LogP contribution in [0.5, 0.6) is 0 Å². The van der Waals surface area contributed by atoms with Crippen LogP contribution >= 0.6 is 0 Å². The number of piperazine rings is 1. The van der Waals surface area contributed by atoms with Crippen LogP contribution in [0.25, 0.3) is 6.08 Å². The Labute approximate surface area is 142 Å². The fourth-order valence-electron chi connectivity index (χ4n) is 3.00. The third-order valence-corrected chi connectivity index (χ3v) is 4.29. The van der Waals surface area contributed by atoms with Gasteiger partial charge in [0.15, 0.2) is 0 Å². The Morgan fingerprint density at radius 3 is 2.88 bits per heavy atom. The molecule has 2 fully saturated rings. The van der Waals surface area contributed by atoms with E-state index in [0.29, 0.717) is 26.2 Å². The third-order valence-electron chi connectivity index (χ3n) is 4.29. The van der Waals surface area contributed by atoms with E-state index < -0.39 is 6.04 Å². The number of nitrogens with zero attached hydrogens (tertiary/aromatic N) is 2. The quantitative estimate of drug-likeness (QED) is 0.877. The first kappa shape index (κ1) is 16.7. The molecule has 0 bridgehead atoms. The Morgan fingerprint density at radius 2 is 2.12 bits per heavy atom. The lowest BCUT2D eigenvalue weighted by atomic mass is 10.1. The first-order valence-corrected chi connectivity index (χ1v) is 8.40. The molecule has 1 unspecified atom stereocenters. The standard InChI is InChI=1S/C18H23N3O3/c22-17(21-11-5-13-24-21)14-16-18(23)19-9-12-20(16)10-4-8-15-6-2-1-3-7-15/h1-4,6-8,16H,5,9-14H2,(H,19,23). The second kappa shape index (κ2) is 8.08.